The Morgan fingerprint density at radius 1 is 0.579 bits per heavy atom. The van der Waals surface area contributed by atoms with Crippen LogP contribution in [0.2, 0.25) is 0 Å². The molecule has 19 heavy (non-hydrogen) atoms. The lowest BCUT2D eigenvalue weighted by Gasteiger charge is -2.07. The summed E-state index contributed by atoms with van der Waals surface area (Å²) >= 11 is 3.30. The normalized spacial score (nSPS) is 17.7. The maximum absolute atomic E-state index is 8.15. The second kappa shape index (κ2) is 5.41. The van der Waals surface area contributed by atoms with Crippen molar-refractivity contribution >= 4 is 15.9 Å². The summed E-state index contributed by atoms with van der Waals surface area (Å²) in [6, 6.07) is 0.0522. The summed E-state index contributed by atoms with van der Waals surface area (Å²) in [6.45, 7) is 0. The fourth-order valence-electron chi connectivity index (χ4n) is 1.67. The van der Waals surface area contributed by atoms with E-state index in [2.05, 4.69) is 15.9 Å². The molecule has 0 aliphatic carbocycles. The molecule has 0 fully saturated rings. The van der Waals surface area contributed by atoms with Gasteiger partial charge < -0.3 is 0 Å². The van der Waals surface area contributed by atoms with Crippen molar-refractivity contribution in [2.75, 3.05) is 0 Å². The molecule has 92 valence electrons. The number of halogens is 1. The number of hydrogen-bond donors (Lipinski definition) is 0. The van der Waals surface area contributed by atoms with Gasteiger partial charge in [0.2, 0.25) is 0 Å². The molecular weight excluding hydrogens is 296 g/mol. The molecule has 1 heteroatoms. The Morgan fingerprint density at radius 3 is 1.42 bits per heavy atom. The van der Waals surface area contributed by atoms with Crippen LogP contribution in [0.3, 0.4) is 0 Å². The SMILES string of the molecule is [2H]c1c([2H])c([2H])c(-c2cc(Br)cc(-c3c([2H])c([2H])c([2H])c([2H])c3[2H])c2)c([2H])c1[2H]. The van der Waals surface area contributed by atoms with E-state index in [0.717, 1.165) is 0 Å². The highest BCUT2D eigenvalue weighted by molar-refractivity contribution is 9.10. The first-order chi connectivity index (χ1) is 13.5. The molecule has 3 aromatic carbocycles. The molecule has 0 aliphatic heterocycles. The Kier molecular flexibility index (Phi) is 1.50. The first-order valence-electron chi connectivity index (χ1n) is 10.4. The monoisotopic (exact) mass is 318 g/mol. The molecule has 0 atom stereocenters. The van der Waals surface area contributed by atoms with Crippen LogP contribution in [0, 0.1) is 0 Å². The van der Waals surface area contributed by atoms with E-state index in [1.54, 1.807) is 12.1 Å². The van der Waals surface area contributed by atoms with Crippen LogP contribution in [-0.2, 0) is 0 Å². The minimum Gasteiger partial charge on any atom is -0.0622 e. The van der Waals surface area contributed by atoms with E-state index in [1.165, 1.54) is 6.07 Å². The summed E-state index contributed by atoms with van der Waals surface area (Å²) in [5.74, 6) is 0. The number of benzene rings is 3. The van der Waals surface area contributed by atoms with Crippen molar-refractivity contribution in [1.29, 1.82) is 0 Å². The smallest absolute Gasteiger partial charge is 0.0622 e. The van der Waals surface area contributed by atoms with E-state index in [9.17, 15) is 0 Å². The summed E-state index contributed by atoms with van der Waals surface area (Å²) in [7, 11) is 0. The van der Waals surface area contributed by atoms with Crippen LogP contribution in [0.25, 0.3) is 22.3 Å². The van der Waals surface area contributed by atoms with E-state index in [1.807, 2.05) is 0 Å². The van der Waals surface area contributed by atoms with Crippen LogP contribution in [0.5, 0.6) is 0 Å². The molecule has 0 saturated carbocycles. The Balaban J connectivity index is 2.37. The van der Waals surface area contributed by atoms with E-state index in [0.29, 0.717) is 4.47 Å². The average molecular weight is 319 g/mol. The summed E-state index contributed by atoms with van der Waals surface area (Å²) < 4.78 is 79.9. The van der Waals surface area contributed by atoms with E-state index in [-0.39, 0.29) is 46.4 Å². The predicted octanol–water partition coefficient (Wildman–Crippen LogP) is 5.78. The Morgan fingerprint density at radius 2 is 1.00 bits per heavy atom. The standard InChI is InChI=1S/C18H13Br/c19-18-12-16(14-7-3-1-4-8-14)11-17(13-18)15-9-5-2-6-10-15/h1-13H/i1D,2D,3D,4D,5D,6D,7D,8D,9D,10D. The first-order valence-corrected chi connectivity index (χ1v) is 6.21. The van der Waals surface area contributed by atoms with Gasteiger partial charge in [0.05, 0.1) is 13.7 Å². The molecular formula is C18H13Br. The lowest BCUT2D eigenvalue weighted by atomic mass is 9.99. The highest BCUT2D eigenvalue weighted by Gasteiger charge is 2.03. The van der Waals surface area contributed by atoms with Crippen LogP contribution < -0.4 is 0 Å². The maximum Gasteiger partial charge on any atom is 0.0629 e. The van der Waals surface area contributed by atoms with Crippen LogP contribution in [0.4, 0.5) is 0 Å². The first kappa shape index (κ1) is 5.26. The third kappa shape index (κ3) is 2.77. The predicted molar refractivity (Wildman–Crippen MR) is 85.0 cm³/mol. The van der Waals surface area contributed by atoms with E-state index >= 15 is 0 Å². The van der Waals surface area contributed by atoms with E-state index < -0.39 is 36.3 Å². The Labute approximate surface area is 135 Å². The highest BCUT2D eigenvalue weighted by Crippen LogP contribution is 2.30. The lowest BCUT2D eigenvalue weighted by Crippen LogP contribution is -1.82. The summed E-state index contributed by atoms with van der Waals surface area (Å²) in [5.41, 5.74) is 0.452. The van der Waals surface area contributed by atoms with Gasteiger partial charge in [-0.1, -0.05) is 76.4 Å². The zero-order valence-electron chi connectivity index (χ0n) is 19.6. The van der Waals surface area contributed by atoms with Crippen LogP contribution >= 0.6 is 15.9 Å². The van der Waals surface area contributed by atoms with Crippen LogP contribution in [-0.4, -0.2) is 0 Å². The second-order valence-electron chi connectivity index (χ2n) is 3.73. The Bertz CT molecular complexity index is 1030. The zero-order valence-corrected chi connectivity index (χ0v) is 11.2. The maximum atomic E-state index is 8.15. The van der Waals surface area contributed by atoms with Crippen molar-refractivity contribution < 1.29 is 13.7 Å². The van der Waals surface area contributed by atoms with Gasteiger partial charge in [0.25, 0.3) is 0 Å². The molecule has 0 bridgehead atoms. The second-order valence-corrected chi connectivity index (χ2v) is 4.64. The fraction of sp³-hybridized carbons (Fsp3) is 0. The van der Waals surface area contributed by atoms with E-state index in [4.69, 9.17) is 13.7 Å². The van der Waals surface area contributed by atoms with Gasteiger partial charge in [-0.15, -0.1) is 0 Å². The third-order valence-electron chi connectivity index (χ3n) is 2.48. The van der Waals surface area contributed by atoms with Crippen molar-refractivity contribution in [1.82, 2.24) is 0 Å². The fourth-order valence-corrected chi connectivity index (χ4v) is 2.16. The summed E-state index contributed by atoms with van der Waals surface area (Å²) in [5, 5.41) is 0. The lowest BCUT2D eigenvalue weighted by molar-refractivity contribution is 1.56. The van der Waals surface area contributed by atoms with Crippen LogP contribution in [0.15, 0.2) is 83.1 Å². The van der Waals surface area contributed by atoms with Crippen molar-refractivity contribution in [3.05, 3.63) is 83.1 Å². The highest BCUT2D eigenvalue weighted by atomic mass is 79.9. The van der Waals surface area contributed by atoms with Gasteiger partial charge in [0, 0.05) is 4.47 Å². The number of hydrogen-bond acceptors (Lipinski definition) is 0. The topological polar surface area (TPSA) is 0 Å². The minimum atomic E-state index is -0.510. The van der Waals surface area contributed by atoms with Gasteiger partial charge in [-0.2, -0.15) is 0 Å². The van der Waals surface area contributed by atoms with Crippen molar-refractivity contribution in [2.24, 2.45) is 0 Å². The van der Waals surface area contributed by atoms with Gasteiger partial charge in [0.1, 0.15) is 0 Å². The van der Waals surface area contributed by atoms with Gasteiger partial charge >= 0.3 is 0 Å². The minimum absolute atomic E-state index is 0.0362. The largest absolute Gasteiger partial charge is 0.0629 e. The average Bonchev–Trinajstić information content (AvgIpc) is 2.67. The van der Waals surface area contributed by atoms with Crippen molar-refractivity contribution in [3.8, 4) is 22.3 Å². The molecule has 0 nitrogen and oxygen atoms in total. The van der Waals surface area contributed by atoms with Crippen molar-refractivity contribution in [2.45, 2.75) is 0 Å². The Hall–Kier alpha value is -1.86. The molecule has 0 aromatic heterocycles. The summed E-state index contributed by atoms with van der Waals surface area (Å²) in [4.78, 5) is 0. The zero-order chi connectivity index (χ0) is 21.8. The molecule has 0 unspecified atom stereocenters. The van der Waals surface area contributed by atoms with Crippen LogP contribution in [0.1, 0.15) is 13.7 Å². The summed E-state index contributed by atoms with van der Waals surface area (Å²) in [6.07, 6.45) is 0. The molecule has 0 aliphatic rings. The molecule has 3 aromatic rings. The van der Waals surface area contributed by atoms with Gasteiger partial charge in [-0.3, -0.25) is 0 Å². The molecule has 0 amide bonds. The molecule has 0 heterocycles. The van der Waals surface area contributed by atoms with Crippen molar-refractivity contribution in [3.63, 3.8) is 0 Å². The quantitative estimate of drug-likeness (QED) is 0.561. The molecule has 0 saturated heterocycles. The molecule has 0 spiro atoms. The molecule has 0 radical (unpaired) electrons. The van der Waals surface area contributed by atoms with Gasteiger partial charge in [-0.25, -0.2) is 0 Å². The van der Waals surface area contributed by atoms with Gasteiger partial charge in [0.15, 0.2) is 0 Å². The number of rotatable bonds is 2. The molecule has 3 rings (SSSR count). The van der Waals surface area contributed by atoms with Gasteiger partial charge in [-0.05, 0) is 40.5 Å². The molecule has 0 N–H and O–H groups in total. The third-order valence-corrected chi connectivity index (χ3v) is 2.93.